The first-order valence-corrected chi connectivity index (χ1v) is 12.3. The molecule has 0 bridgehead atoms. The molecule has 2 aromatic heterocycles. The van der Waals surface area contributed by atoms with Crippen LogP contribution in [-0.2, 0) is 17.8 Å². The maximum atomic E-state index is 13.4. The molecule has 4 aromatic rings. The maximum absolute atomic E-state index is 13.4. The van der Waals surface area contributed by atoms with Gasteiger partial charge in [0.2, 0.25) is 5.91 Å². The number of anilines is 2. The van der Waals surface area contributed by atoms with Crippen molar-refractivity contribution in [3.8, 4) is 0 Å². The highest BCUT2D eigenvalue weighted by atomic mass is 32.1. The van der Waals surface area contributed by atoms with E-state index in [0.29, 0.717) is 24.6 Å². The van der Waals surface area contributed by atoms with Crippen molar-refractivity contribution >= 4 is 44.9 Å². The molecule has 1 N–H and O–H groups in total. The predicted molar refractivity (Wildman–Crippen MR) is 134 cm³/mol. The lowest BCUT2D eigenvalue weighted by molar-refractivity contribution is -0.116. The molecule has 0 spiro atoms. The van der Waals surface area contributed by atoms with Crippen LogP contribution in [0.5, 0.6) is 0 Å². The number of thiazole rings is 1. The zero-order valence-corrected chi connectivity index (χ0v) is 19.9. The molecule has 2 amide bonds. The Labute approximate surface area is 201 Å². The summed E-state index contributed by atoms with van der Waals surface area (Å²) < 4.78 is 2.24. The number of aromatic nitrogens is 2. The number of rotatable bonds is 4. The number of nitrogens with zero attached hydrogens (tertiary/aromatic N) is 4. The Hall–Kier alpha value is -3.65. The van der Waals surface area contributed by atoms with Crippen molar-refractivity contribution in [2.75, 3.05) is 23.8 Å². The van der Waals surface area contributed by atoms with E-state index < -0.39 is 0 Å². The van der Waals surface area contributed by atoms with E-state index in [1.165, 1.54) is 22.3 Å². The van der Waals surface area contributed by atoms with E-state index in [9.17, 15) is 9.59 Å². The molecule has 0 saturated heterocycles. The Morgan fingerprint density at radius 2 is 1.97 bits per heavy atom. The van der Waals surface area contributed by atoms with E-state index >= 15 is 0 Å². The van der Waals surface area contributed by atoms with Gasteiger partial charge in [0.1, 0.15) is 6.17 Å². The minimum atomic E-state index is -0.205. The smallest absolute Gasteiger partial charge is 0.257 e. The van der Waals surface area contributed by atoms with Crippen LogP contribution >= 0.6 is 11.3 Å². The van der Waals surface area contributed by atoms with Crippen LogP contribution in [0.15, 0.2) is 54.7 Å². The summed E-state index contributed by atoms with van der Waals surface area (Å²) in [5.41, 5.74) is 5.16. The second kappa shape index (κ2) is 7.99. The molecule has 34 heavy (non-hydrogen) atoms. The number of fused-ring (bicyclic) bond motifs is 6. The number of carbonyl (C=O) groups excluding carboxylic acids is 2. The Morgan fingerprint density at radius 3 is 2.79 bits per heavy atom. The lowest BCUT2D eigenvalue weighted by atomic mass is 9.96. The third-order valence-electron chi connectivity index (χ3n) is 6.83. The topological polar surface area (TPSA) is 70.5 Å². The van der Waals surface area contributed by atoms with E-state index in [-0.39, 0.29) is 18.0 Å². The highest BCUT2D eigenvalue weighted by molar-refractivity contribution is 7.15. The first kappa shape index (κ1) is 20.9. The van der Waals surface area contributed by atoms with Crippen molar-refractivity contribution in [1.29, 1.82) is 0 Å². The standard InChI is InChI=1S/C26H25N5O2S/c1-16-15-27-26(34-16)28-22(32)12-14-30-21-10-6-3-7-17(21)18-11-13-31-24(23(18)30)29(2)20-9-5-4-8-19(20)25(31)33/h3-10,15,24H,11-14H2,1-2H3,(H,27,28,32)/t24-/m1/s1. The van der Waals surface area contributed by atoms with E-state index in [4.69, 9.17) is 0 Å². The van der Waals surface area contributed by atoms with Crippen molar-refractivity contribution in [2.24, 2.45) is 0 Å². The van der Waals surface area contributed by atoms with E-state index in [1.807, 2.05) is 42.2 Å². The van der Waals surface area contributed by atoms with Gasteiger partial charge in [-0.1, -0.05) is 30.3 Å². The molecule has 172 valence electrons. The lowest BCUT2D eigenvalue weighted by Gasteiger charge is -2.46. The van der Waals surface area contributed by atoms with Crippen molar-refractivity contribution in [3.05, 3.63) is 76.4 Å². The van der Waals surface area contributed by atoms with Crippen molar-refractivity contribution in [2.45, 2.75) is 32.5 Å². The molecular formula is C26H25N5O2S. The summed E-state index contributed by atoms with van der Waals surface area (Å²) in [6, 6.07) is 16.2. The van der Waals surface area contributed by atoms with Gasteiger partial charge < -0.3 is 19.7 Å². The number of para-hydroxylation sites is 2. The van der Waals surface area contributed by atoms with Crippen molar-refractivity contribution in [1.82, 2.24) is 14.5 Å². The highest BCUT2D eigenvalue weighted by Gasteiger charge is 2.42. The van der Waals surface area contributed by atoms with E-state index in [1.54, 1.807) is 6.20 Å². The molecule has 8 heteroatoms. The minimum Gasteiger partial charge on any atom is -0.349 e. The van der Waals surface area contributed by atoms with Gasteiger partial charge in [0.15, 0.2) is 5.13 Å². The summed E-state index contributed by atoms with van der Waals surface area (Å²) >= 11 is 1.47. The van der Waals surface area contributed by atoms with Gasteiger partial charge >= 0.3 is 0 Å². The molecule has 2 aliphatic rings. The Morgan fingerprint density at radius 1 is 1.18 bits per heavy atom. The summed E-state index contributed by atoms with van der Waals surface area (Å²) in [4.78, 5) is 35.6. The Balaban J connectivity index is 1.40. The zero-order valence-electron chi connectivity index (χ0n) is 19.1. The van der Waals surface area contributed by atoms with E-state index in [0.717, 1.165) is 33.8 Å². The maximum Gasteiger partial charge on any atom is 0.257 e. The molecule has 1 atom stereocenters. The van der Waals surface area contributed by atoms with Crippen LogP contribution < -0.4 is 10.2 Å². The number of nitrogens with one attached hydrogen (secondary N) is 1. The average molecular weight is 472 g/mol. The summed E-state index contributed by atoms with van der Waals surface area (Å²) in [6.45, 7) is 3.17. The molecule has 0 fully saturated rings. The monoisotopic (exact) mass is 471 g/mol. The van der Waals surface area contributed by atoms with Gasteiger partial charge in [-0.2, -0.15) is 0 Å². The third kappa shape index (κ3) is 3.20. The average Bonchev–Trinajstić information content (AvgIpc) is 3.41. The van der Waals surface area contributed by atoms with Crippen LogP contribution in [0, 0.1) is 6.92 Å². The molecule has 2 aliphatic heterocycles. The number of hydrogen-bond donors (Lipinski definition) is 1. The molecule has 2 aromatic carbocycles. The summed E-state index contributed by atoms with van der Waals surface area (Å²) in [5.74, 6) is 0.00464. The van der Waals surface area contributed by atoms with Gasteiger partial charge in [-0.15, -0.1) is 11.3 Å². The first-order chi connectivity index (χ1) is 16.5. The van der Waals surface area contributed by atoms with Gasteiger partial charge in [-0.05, 0) is 37.1 Å². The summed E-state index contributed by atoms with van der Waals surface area (Å²) in [7, 11) is 2.05. The van der Waals surface area contributed by atoms with Gasteiger partial charge in [0.25, 0.3) is 5.91 Å². The molecule has 0 radical (unpaired) electrons. The number of carbonyl (C=O) groups is 2. The minimum absolute atomic E-state index is 0.0630. The number of hydrogen-bond acceptors (Lipinski definition) is 5. The van der Waals surface area contributed by atoms with Crippen LogP contribution in [-0.4, -0.2) is 39.9 Å². The Kier molecular flexibility index (Phi) is 4.91. The summed E-state index contributed by atoms with van der Waals surface area (Å²) in [6.07, 6.45) is 2.68. The van der Waals surface area contributed by atoms with Crippen LogP contribution in [0.1, 0.15) is 39.1 Å². The number of benzene rings is 2. The zero-order chi connectivity index (χ0) is 23.4. The second-order valence-electron chi connectivity index (χ2n) is 8.86. The van der Waals surface area contributed by atoms with Crippen LogP contribution in [0.25, 0.3) is 10.9 Å². The molecule has 0 aliphatic carbocycles. The fourth-order valence-electron chi connectivity index (χ4n) is 5.36. The Bertz CT molecular complexity index is 1440. The quantitative estimate of drug-likeness (QED) is 0.473. The third-order valence-corrected chi connectivity index (χ3v) is 7.66. The van der Waals surface area contributed by atoms with Crippen LogP contribution in [0.2, 0.25) is 0 Å². The van der Waals surface area contributed by atoms with Gasteiger partial charge in [-0.3, -0.25) is 9.59 Å². The molecule has 0 saturated carbocycles. The van der Waals surface area contributed by atoms with Gasteiger partial charge in [0, 0.05) is 48.5 Å². The van der Waals surface area contributed by atoms with Gasteiger partial charge in [-0.25, -0.2) is 4.98 Å². The second-order valence-corrected chi connectivity index (χ2v) is 10.1. The number of amides is 2. The molecular weight excluding hydrogens is 446 g/mol. The van der Waals surface area contributed by atoms with Gasteiger partial charge in [0.05, 0.1) is 16.9 Å². The molecule has 4 heterocycles. The molecule has 0 unspecified atom stereocenters. The fraction of sp³-hybridized carbons (Fsp3) is 0.269. The molecule has 6 rings (SSSR count). The predicted octanol–water partition coefficient (Wildman–Crippen LogP) is 4.58. The number of aryl methyl sites for hydroxylation is 2. The largest absolute Gasteiger partial charge is 0.349 e. The SMILES string of the molecule is Cc1cnc(NC(=O)CCn2c3c(c4ccccc42)CCN2C(=O)c4ccccc4N(C)[C@@H]32)s1. The van der Waals surface area contributed by atoms with Crippen LogP contribution in [0.3, 0.4) is 0 Å². The van der Waals surface area contributed by atoms with E-state index in [2.05, 4.69) is 45.0 Å². The first-order valence-electron chi connectivity index (χ1n) is 11.5. The van der Waals surface area contributed by atoms with Crippen molar-refractivity contribution in [3.63, 3.8) is 0 Å². The normalized spacial score (nSPS) is 16.9. The van der Waals surface area contributed by atoms with Crippen LogP contribution in [0.4, 0.5) is 10.8 Å². The summed E-state index contributed by atoms with van der Waals surface area (Å²) in [5, 5.41) is 4.75. The van der Waals surface area contributed by atoms with Crippen molar-refractivity contribution < 1.29 is 9.59 Å². The fourth-order valence-corrected chi connectivity index (χ4v) is 6.04. The highest BCUT2D eigenvalue weighted by Crippen LogP contribution is 2.44. The molecule has 7 nitrogen and oxygen atoms in total. The lowest BCUT2D eigenvalue weighted by Crippen LogP contribution is -2.51.